The average Bonchev–Trinajstić information content (AvgIpc) is 2.75. The molecular formula is C28H41NO3S. The van der Waals surface area contributed by atoms with Crippen molar-refractivity contribution in [1.82, 2.24) is 0 Å². The van der Waals surface area contributed by atoms with Crippen LogP contribution >= 0.6 is 0 Å². The molecule has 1 N–H and O–H groups in total. The molecule has 5 heteroatoms. The molecule has 0 amide bonds. The van der Waals surface area contributed by atoms with Crippen molar-refractivity contribution < 1.29 is 13.7 Å². The molecule has 2 aromatic rings. The molecule has 2 atom stereocenters. The van der Waals surface area contributed by atoms with E-state index >= 15 is 0 Å². The number of aryl methyl sites for hydroxylation is 1. The molecule has 2 unspecified atom stereocenters. The Kier molecular flexibility index (Phi) is 8.63. The Labute approximate surface area is 203 Å². The molecule has 1 aliphatic rings. The fourth-order valence-corrected chi connectivity index (χ4v) is 6.32. The third kappa shape index (κ3) is 6.83. The summed E-state index contributed by atoms with van der Waals surface area (Å²) in [6.07, 6.45) is 6.13. The molecule has 1 aliphatic carbocycles. The van der Waals surface area contributed by atoms with Gasteiger partial charge >= 0.3 is 0 Å². The summed E-state index contributed by atoms with van der Waals surface area (Å²) in [6, 6.07) is 10.3. The molecule has 182 valence electrons. The number of benzene rings is 2. The van der Waals surface area contributed by atoms with Gasteiger partial charge in [-0.25, -0.2) is 4.21 Å². The predicted molar refractivity (Wildman–Crippen MR) is 140 cm³/mol. The first-order chi connectivity index (χ1) is 15.6. The Morgan fingerprint density at radius 2 is 1.73 bits per heavy atom. The highest BCUT2D eigenvalue weighted by molar-refractivity contribution is 7.86. The van der Waals surface area contributed by atoms with Gasteiger partial charge in [0.15, 0.2) is 0 Å². The summed E-state index contributed by atoms with van der Waals surface area (Å²) in [4.78, 5) is 0. The summed E-state index contributed by atoms with van der Waals surface area (Å²) in [5.41, 5.74) is 6.36. The number of anilines is 1. The van der Waals surface area contributed by atoms with E-state index in [2.05, 4.69) is 64.5 Å². The van der Waals surface area contributed by atoms with Crippen molar-refractivity contribution in [2.45, 2.75) is 85.4 Å². The van der Waals surface area contributed by atoms with Gasteiger partial charge in [0.2, 0.25) is 0 Å². The number of hydrogen-bond acceptors (Lipinski definition) is 3. The van der Waals surface area contributed by atoms with Crippen molar-refractivity contribution >= 4 is 16.7 Å². The number of nitrogens with one attached hydrogen (secondary N) is 1. The van der Waals surface area contributed by atoms with Crippen molar-refractivity contribution in [3.8, 4) is 16.9 Å². The summed E-state index contributed by atoms with van der Waals surface area (Å²) < 4.78 is 28.2. The molecular weight excluding hydrogens is 430 g/mol. The molecule has 4 nitrogen and oxygen atoms in total. The second kappa shape index (κ2) is 11.1. The van der Waals surface area contributed by atoms with Crippen molar-refractivity contribution in [3.63, 3.8) is 0 Å². The molecule has 0 bridgehead atoms. The third-order valence-electron chi connectivity index (χ3n) is 6.48. The van der Waals surface area contributed by atoms with E-state index in [4.69, 9.17) is 9.47 Å². The van der Waals surface area contributed by atoms with Crippen LogP contribution in [0.3, 0.4) is 0 Å². The van der Waals surface area contributed by atoms with Crippen LogP contribution in [-0.2, 0) is 15.7 Å². The smallest absolute Gasteiger partial charge is 0.118 e. The minimum absolute atomic E-state index is 0.116. The first-order valence-corrected chi connectivity index (χ1v) is 13.5. The molecule has 0 aliphatic heterocycles. The van der Waals surface area contributed by atoms with Gasteiger partial charge in [-0.3, -0.25) is 0 Å². The van der Waals surface area contributed by atoms with Gasteiger partial charge in [0.05, 0.1) is 18.8 Å². The molecule has 3 rings (SSSR count). The molecule has 0 aromatic heterocycles. The maximum atomic E-state index is 13.0. The number of ether oxygens (including phenoxy) is 2. The number of hydrogen-bond donors (Lipinski definition) is 1. The highest BCUT2D eigenvalue weighted by Crippen LogP contribution is 2.40. The van der Waals surface area contributed by atoms with E-state index in [-0.39, 0.29) is 11.7 Å². The average molecular weight is 472 g/mol. The van der Waals surface area contributed by atoms with Crippen molar-refractivity contribution in [2.75, 3.05) is 17.6 Å². The molecule has 0 spiro atoms. The lowest BCUT2D eigenvalue weighted by atomic mass is 9.88. The zero-order valence-electron chi connectivity index (χ0n) is 21.4. The normalized spacial score (nSPS) is 16.9. The fourth-order valence-electron chi connectivity index (χ4n) is 5.02. The van der Waals surface area contributed by atoms with E-state index in [1.165, 1.54) is 37.7 Å². The summed E-state index contributed by atoms with van der Waals surface area (Å²) in [5, 5.41) is 0. The minimum Gasteiger partial charge on any atom is -0.497 e. The van der Waals surface area contributed by atoms with Crippen molar-refractivity contribution in [3.05, 3.63) is 47.0 Å². The van der Waals surface area contributed by atoms with Crippen LogP contribution in [0.25, 0.3) is 11.1 Å². The van der Waals surface area contributed by atoms with Crippen LogP contribution < -0.4 is 9.46 Å². The SMILES string of the molecule is COc1ccc(-c2c(C)cc(NS(=O)CC3CCCCC3)c(C)c2C(C)OC(C)(C)C)cc1. The lowest BCUT2D eigenvalue weighted by Gasteiger charge is -2.30. The molecule has 0 heterocycles. The lowest BCUT2D eigenvalue weighted by Crippen LogP contribution is -2.23. The standard InChI is InChI=1S/C28H41NO3S/c1-19-17-25(29-33(30)18-22-11-9-8-10-12-22)20(2)27(21(3)32-28(4,5)6)26(19)23-13-15-24(31-7)16-14-23/h13-17,21-22,29H,8-12,18H2,1-7H3. The summed E-state index contributed by atoms with van der Waals surface area (Å²) in [7, 11) is 0.593. The monoisotopic (exact) mass is 471 g/mol. The van der Waals surface area contributed by atoms with Gasteiger partial charge in [-0.1, -0.05) is 31.4 Å². The van der Waals surface area contributed by atoms with Crippen LogP contribution in [0.5, 0.6) is 5.75 Å². The highest BCUT2D eigenvalue weighted by atomic mass is 32.2. The summed E-state index contributed by atoms with van der Waals surface area (Å²) >= 11 is 0. The Bertz CT molecular complexity index is 957. The van der Waals surface area contributed by atoms with Crippen LogP contribution in [0.15, 0.2) is 30.3 Å². The summed E-state index contributed by atoms with van der Waals surface area (Å²) in [6.45, 7) is 12.6. The first-order valence-electron chi connectivity index (χ1n) is 12.2. The zero-order chi connectivity index (χ0) is 24.2. The first kappa shape index (κ1) is 25.8. The van der Waals surface area contributed by atoms with Crippen molar-refractivity contribution in [1.29, 1.82) is 0 Å². The zero-order valence-corrected chi connectivity index (χ0v) is 22.2. The highest BCUT2D eigenvalue weighted by Gasteiger charge is 2.25. The number of rotatable bonds is 8. The predicted octanol–water partition coefficient (Wildman–Crippen LogP) is 7.51. The van der Waals surface area contributed by atoms with Gasteiger partial charge in [-0.2, -0.15) is 0 Å². The lowest BCUT2D eigenvalue weighted by molar-refractivity contribution is -0.0529. The maximum absolute atomic E-state index is 13.0. The Hall–Kier alpha value is -1.85. The number of methoxy groups -OCH3 is 1. The van der Waals surface area contributed by atoms with Gasteiger partial charge in [0.25, 0.3) is 0 Å². The largest absolute Gasteiger partial charge is 0.497 e. The van der Waals surface area contributed by atoms with Gasteiger partial charge in [0.1, 0.15) is 16.7 Å². The second-order valence-electron chi connectivity index (χ2n) is 10.4. The molecule has 33 heavy (non-hydrogen) atoms. The van der Waals surface area contributed by atoms with E-state index < -0.39 is 11.0 Å². The molecule has 0 radical (unpaired) electrons. The van der Waals surface area contributed by atoms with Crippen LogP contribution in [0.1, 0.15) is 82.6 Å². The molecule has 1 saturated carbocycles. The van der Waals surface area contributed by atoms with Gasteiger partial charge < -0.3 is 14.2 Å². The minimum atomic E-state index is -1.09. The van der Waals surface area contributed by atoms with E-state index in [0.29, 0.717) is 5.92 Å². The van der Waals surface area contributed by atoms with E-state index in [0.717, 1.165) is 39.4 Å². The molecule has 1 fully saturated rings. The third-order valence-corrected chi connectivity index (χ3v) is 7.71. The fraction of sp³-hybridized carbons (Fsp3) is 0.571. The van der Waals surface area contributed by atoms with Crippen LogP contribution in [0.4, 0.5) is 5.69 Å². The second-order valence-corrected chi connectivity index (χ2v) is 11.6. The molecule has 2 aromatic carbocycles. The van der Waals surface area contributed by atoms with Crippen LogP contribution in [0, 0.1) is 19.8 Å². The topological polar surface area (TPSA) is 47.6 Å². The van der Waals surface area contributed by atoms with Gasteiger partial charge in [-0.05, 0) is 106 Å². The van der Waals surface area contributed by atoms with Crippen LogP contribution in [0.2, 0.25) is 0 Å². The van der Waals surface area contributed by atoms with E-state index in [1.807, 2.05) is 12.1 Å². The van der Waals surface area contributed by atoms with Gasteiger partial charge in [0, 0.05) is 11.4 Å². The van der Waals surface area contributed by atoms with Crippen molar-refractivity contribution in [2.24, 2.45) is 5.92 Å². The van der Waals surface area contributed by atoms with Gasteiger partial charge in [-0.15, -0.1) is 0 Å². The van der Waals surface area contributed by atoms with E-state index in [1.54, 1.807) is 7.11 Å². The molecule has 0 saturated heterocycles. The van der Waals surface area contributed by atoms with E-state index in [9.17, 15) is 4.21 Å². The Morgan fingerprint density at radius 1 is 1.09 bits per heavy atom. The maximum Gasteiger partial charge on any atom is 0.118 e. The summed E-state index contributed by atoms with van der Waals surface area (Å²) in [5.74, 6) is 2.13. The van der Waals surface area contributed by atoms with Crippen LogP contribution in [-0.4, -0.2) is 22.7 Å². The quantitative estimate of drug-likeness (QED) is 0.433. The Balaban J connectivity index is 1.99. The Morgan fingerprint density at radius 3 is 2.30 bits per heavy atom.